The normalized spacial score (nSPS) is 11.0. The number of hydrogen-bond acceptors (Lipinski definition) is 4. The summed E-state index contributed by atoms with van der Waals surface area (Å²) >= 11 is 6.02. The predicted molar refractivity (Wildman–Crippen MR) is 131 cm³/mol. The van der Waals surface area contributed by atoms with E-state index in [2.05, 4.69) is 15.4 Å². The van der Waals surface area contributed by atoms with Crippen LogP contribution in [0.1, 0.15) is 10.5 Å². The number of hydrogen-bond donors (Lipinski definition) is 2. The van der Waals surface area contributed by atoms with Gasteiger partial charge in [0, 0.05) is 40.4 Å². The average Bonchev–Trinajstić information content (AvgIpc) is 3.51. The van der Waals surface area contributed by atoms with Gasteiger partial charge >= 0.3 is 12.1 Å². The molecular weight excluding hydrogens is 511 g/mol. The zero-order chi connectivity index (χ0) is 26.6. The molecule has 0 spiro atoms. The van der Waals surface area contributed by atoms with Crippen molar-refractivity contribution in [3.05, 3.63) is 102 Å². The van der Waals surface area contributed by atoms with Crippen LogP contribution in [0, 0.1) is 0 Å². The molecule has 0 saturated carbocycles. The molecule has 0 unspecified atom stereocenters. The molecule has 8 nitrogen and oxygen atoms in total. The van der Waals surface area contributed by atoms with E-state index in [9.17, 15) is 18.0 Å². The summed E-state index contributed by atoms with van der Waals surface area (Å²) in [4.78, 5) is 26.0. The molecule has 0 aliphatic rings. The number of rotatable bonds is 4. The highest BCUT2D eigenvalue weighted by molar-refractivity contribution is 6.30. The molecule has 5 aromatic rings. The van der Waals surface area contributed by atoms with Crippen molar-refractivity contribution in [1.29, 1.82) is 0 Å². The van der Waals surface area contributed by atoms with Crippen LogP contribution in [0.5, 0.6) is 0 Å². The maximum Gasteiger partial charge on any atom is 0.490 e. The summed E-state index contributed by atoms with van der Waals surface area (Å²) < 4.78 is 35.4. The van der Waals surface area contributed by atoms with Crippen LogP contribution in [-0.4, -0.2) is 42.3 Å². The van der Waals surface area contributed by atoms with E-state index in [1.165, 1.54) is 0 Å². The SMILES string of the molecule is O=C(Nc1cccc(Cl)c1)c1ccnn1-c1ccc2ccc(-c3cccnc3)cn12.O=C(O)C(F)(F)F. The lowest BCUT2D eigenvalue weighted by Crippen LogP contribution is -2.21. The van der Waals surface area contributed by atoms with Gasteiger partial charge in [0.15, 0.2) is 0 Å². The number of carbonyl (C=O) groups is 2. The molecule has 0 atom stereocenters. The van der Waals surface area contributed by atoms with Crippen LogP contribution in [0.2, 0.25) is 5.02 Å². The number of nitrogens with zero attached hydrogens (tertiary/aromatic N) is 4. The van der Waals surface area contributed by atoms with Crippen molar-refractivity contribution in [3.8, 4) is 16.9 Å². The second kappa shape index (κ2) is 10.5. The number of benzene rings is 1. The topological polar surface area (TPSA) is 102 Å². The van der Waals surface area contributed by atoms with Gasteiger partial charge in [-0.25, -0.2) is 9.48 Å². The number of carboxylic acids is 1. The van der Waals surface area contributed by atoms with Gasteiger partial charge in [0.2, 0.25) is 0 Å². The van der Waals surface area contributed by atoms with E-state index < -0.39 is 12.1 Å². The van der Waals surface area contributed by atoms with Crippen LogP contribution in [0.3, 0.4) is 0 Å². The molecule has 0 radical (unpaired) electrons. The minimum Gasteiger partial charge on any atom is -0.475 e. The monoisotopic (exact) mass is 527 g/mol. The first kappa shape index (κ1) is 25.5. The van der Waals surface area contributed by atoms with Crippen LogP contribution < -0.4 is 5.32 Å². The molecule has 0 aliphatic heterocycles. The summed E-state index contributed by atoms with van der Waals surface area (Å²) in [6.07, 6.45) is 2.11. The third-order valence-electron chi connectivity index (χ3n) is 5.04. The molecule has 4 aromatic heterocycles. The summed E-state index contributed by atoms with van der Waals surface area (Å²) in [7, 11) is 0. The van der Waals surface area contributed by atoms with E-state index in [0.717, 1.165) is 22.5 Å². The van der Waals surface area contributed by atoms with Gasteiger partial charge in [-0.3, -0.25) is 9.78 Å². The quantitative estimate of drug-likeness (QED) is 0.311. The number of carbonyl (C=O) groups excluding carboxylic acids is 1. The van der Waals surface area contributed by atoms with Crippen molar-refractivity contribution >= 4 is 34.7 Å². The van der Waals surface area contributed by atoms with Gasteiger partial charge in [0.1, 0.15) is 11.5 Å². The molecule has 12 heteroatoms. The average molecular weight is 528 g/mol. The predicted octanol–water partition coefficient (Wildman–Crippen LogP) is 5.73. The van der Waals surface area contributed by atoms with Crippen molar-refractivity contribution < 1.29 is 27.9 Å². The Kier molecular flexibility index (Phi) is 7.25. The van der Waals surface area contributed by atoms with E-state index in [-0.39, 0.29) is 5.91 Å². The number of carboxylic acid groups (broad SMARTS) is 1. The van der Waals surface area contributed by atoms with Crippen LogP contribution >= 0.6 is 11.6 Å². The molecule has 188 valence electrons. The van der Waals surface area contributed by atoms with E-state index in [4.69, 9.17) is 21.5 Å². The van der Waals surface area contributed by atoms with Crippen LogP contribution in [0.15, 0.2) is 91.5 Å². The fourth-order valence-corrected chi connectivity index (χ4v) is 3.57. The van der Waals surface area contributed by atoms with E-state index >= 15 is 0 Å². The number of anilines is 1. The first-order valence-corrected chi connectivity index (χ1v) is 10.9. The Balaban J connectivity index is 0.000000405. The zero-order valence-electron chi connectivity index (χ0n) is 18.7. The molecule has 37 heavy (non-hydrogen) atoms. The van der Waals surface area contributed by atoms with Gasteiger partial charge in [0.05, 0.1) is 6.20 Å². The molecule has 0 aliphatic carbocycles. The number of fused-ring (bicyclic) bond motifs is 1. The van der Waals surface area contributed by atoms with E-state index in [1.54, 1.807) is 47.4 Å². The summed E-state index contributed by atoms with van der Waals surface area (Å²) in [5, 5.41) is 14.9. The van der Waals surface area contributed by atoms with E-state index in [1.807, 2.05) is 53.2 Å². The Labute approximate surface area is 212 Å². The lowest BCUT2D eigenvalue weighted by molar-refractivity contribution is -0.192. The Morgan fingerprint density at radius 3 is 2.38 bits per heavy atom. The van der Waals surface area contributed by atoms with Gasteiger partial charge in [-0.05, 0) is 54.1 Å². The van der Waals surface area contributed by atoms with Crippen molar-refractivity contribution in [1.82, 2.24) is 19.2 Å². The Hall–Kier alpha value is -4.64. The second-order valence-corrected chi connectivity index (χ2v) is 7.98. The number of alkyl halides is 3. The van der Waals surface area contributed by atoms with Crippen molar-refractivity contribution in [2.45, 2.75) is 6.18 Å². The highest BCUT2D eigenvalue weighted by atomic mass is 35.5. The van der Waals surface area contributed by atoms with Crippen LogP contribution in [0.4, 0.5) is 18.9 Å². The molecular formula is C25H17ClF3N5O3. The standard InChI is InChI=1S/C23H16ClN5O.C2HF3O2/c24-18-4-1-5-19(13-18)27-23(30)21-10-12-26-29(21)22-9-8-20-7-6-17(15-28(20)22)16-3-2-11-25-14-16;3-2(4,5)1(6)7/h1-15H,(H,27,30);(H,6,7). The molecule has 5 rings (SSSR count). The Bertz CT molecular complexity index is 1560. The number of pyridine rings is 2. The number of nitrogens with one attached hydrogen (secondary N) is 1. The van der Waals surface area contributed by atoms with Crippen molar-refractivity contribution in [2.75, 3.05) is 5.32 Å². The van der Waals surface area contributed by atoms with Gasteiger partial charge in [-0.15, -0.1) is 0 Å². The third-order valence-corrected chi connectivity index (χ3v) is 5.28. The molecule has 1 amide bonds. The highest BCUT2D eigenvalue weighted by Crippen LogP contribution is 2.23. The van der Waals surface area contributed by atoms with Crippen LogP contribution in [-0.2, 0) is 4.79 Å². The minimum atomic E-state index is -5.08. The van der Waals surface area contributed by atoms with Crippen molar-refractivity contribution in [3.63, 3.8) is 0 Å². The molecule has 2 N–H and O–H groups in total. The largest absolute Gasteiger partial charge is 0.490 e. The van der Waals surface area contributed by atoms with Crippen molar-refractivity contribution in [2.24, 2.45) is 0 Å². The first-order chi connectivity index (χ1) is 17.6. The number of aromatic nitrogens is 4. The Morgan fingerprint density at radius 2 is 1.70 bits per heavy atom. The summed E-state index contributed by atoms with van der Waals surface area (Å²) in [6, 6.07) is 20.6. The van der Waals surface area contributed by atoms with Gasteiger partial charge in [-0.2, -0.15) is 18.3 Å². The first-order valence-electron chi connectivity index (χ1n) is 10.6. The smallest absolute Gasteiger partial charge is 0.475 e. The molecule has 0 saturated heterocycles. The summed E-state index contributed by atoms with van der Waals surface area (Å²) in [5.74, 6) is -2.27. The molecule has 0 fully saturated rings. The lowest BCUT2D eigenvalue weighted by Gasteiger charge is -2.10. The highest BCUT2D eigenvalue weighted by Gasteiger charge is 2.38. The molecule has 1 aromatic carbocycles. The maximum atomic E-state index is 12.9. The number of amides is 1. The second-order valence-electron chi connectivity index (χ2n) is 7.54. The fraction of sp³-hybridized carbons (Fsp3) is 0.0400. The van der Waals surface area contributed by atoms with E-state index in [0.29, 0.717) is 16.4 Å². The van der Waals surface area contributed by atoms with Gasteiger partial charge < -0.3 is 14.8 Å². The lowest BCUT2D eigenvalue weighted by atomic mass is 10.1. The fourth-order valence-electron chi connectivity index (χ4n) is 3.38. The molecule has 4 heterocycles. The minimum absolute atomic E-state index is 0.270. The van der Waals surface area contributed by atoms with Crippen LogP contribution in [0.25, 0.3) is 22.5 Å². The summed E-state index contributed by atoms with van der Waals surface area (Å²) in [6.45, 7) is 0. The summed E-state index contributed by atoms with van der Waals surface area (Å²) in [5.41, 5.74) is 4.07. The third kappa shape index (κ3) is 5.96. The number of halogens is 4. The maximum absolute atomic E-state index is 12.9. The van der Waals surface area contributed by atoms with Gasteiger partial charge in [-0.1, -0.05) is 29.8 Å². The zero-order valence-corrected chi connectivity index (χ0v) is 19.5. The molecule has 0 bridgehead atoms. The van der Waals surface area contributed by atoms with Gasteiger partial charge in [0.25, 0.3) is 5.91 Å². The Morgan fingerprint density at radius 1 is 0.946 bits per heavy atom. The number of aliphatic carboxylic acids is 1.